The number of hydrogen-bond donors (Lipinski definition) is 0. The average Bonchev–Trinajstić information content (AvgIpc) is 2.56. The molecule has 2 aromatic rings. The zero-order valence-corrected chi connectivity index (χ0v) is 11.9. The van der Waals surface area contributed by atoms with E-state index < -0.39 is 5.97 Å². The van der Waals surface area contributed by atoms with Gasteiger partial charge in [-0.1, -0.05) is 30.4 Å². The fraction of sp³-hybridized carbons (Fsp3) is 0.0588. The Morgan fingerprint density at radius 2 is 1.82 bits per heavy atom. The molecule has 0 radical (unpaired) electrons. The Kier molecular flexibility index (Phi) is 5.16. The van der Waals surface area contributed by atoms with E-state index in [-0.39, 0.29) is 6.01 Å². The van der Waals surface area contributed by atoms with Crippen LogP contribution in [0.15, 0.2) is 61.0 Å². The SMILES string of the molecule is CC=CC=CC(=O)Oc1ncc(-c2ccc(C#N)cc2)cn1. The number of rotatable bonds is 4. The average molecular weight is 291 g/mol. The van der Waals surface area contributed by atoms with Crippen molar-refractivity contribution in [2.24, 2.45) is 0 Å². The van der Waals surface area contributed by atoms with Gasteiger partial charge in [0, 0.05) is 24.0 Å². The van der Waals surface area contributed by atoms with Gasteiger partial charge in [-0.25, -0.2) is 14.8 Å². The van der Waals surface area contributed by atoms with Crippen molar-refractivity contribution in [3.05, 3.63) is 66.5 Å². The van der Waals surface area contributed by atoms with E-state index in [4.69, 9.17) is 10.00 Å². The second-order valence-electron chi connectivity index (χ2n) is 4.25. The number of hydrogen-bond acceptors (Lipinski definition) is 5. The lowest BCUT2D eigenvalue weighted by atomic mass is 10.1. The van der Waals surface area contributed by atoms with Crippen molar-refractivity contribution in [2.75, 3.05) is 0 Å². The molecular weight excluding hydrogens is 278 g/mol. The van der Waals surface area contributed by atoms with Crippen molar-refractivity contribution in [1.82, 2.24) is 9.97 Å². The molecular formula is C17H13N3O2. The molecule has 1 aromatic carbocycles. The molecule has 0 saturated carbocycles. The van der Waals surface area contributed by atoms with Crippen molar-refractivity contribution in [3.63, 3.8) is 0 Å². The summed E-state index contributed by atoms with van der Waals surface area (Å²) >= 11 is 0. The fourth-order valence-corrected chi connectivity index (χ4v) is 1.62. The number of aromatic nitrogens is 2. The minimum atomic E-state index is -0.538. The third-order valence-electron chi connectivity index (χ3n) is 2.70. The molecule has 1 aromatic heterocycles. The molecule has 0 atom stereocenters. The number of benzene rings is 1. The molecule has 0 fully saturated rings. The highest BCUT2D eigenvalue weighted by atomic mass is 16.5. The van der Waals surface area contributed by atoms with Crippen LogP contribution in [0.2, 0.25) is 0 Å². The van der Waals surface area contributed by atoms with Gasteiger partial charge < -0.3 is 4.74 Å². The molecule has 0 aliphatic rings. The summed E-state index contributed by atoms with van der Waals surface area (Å²) < 4.78 is 4.96. The molecule has 0 unspecified atom stereocenters. The maximum Gasteiger partial charge on any atom is 0.338 e. The zero-order chi connectivity index (χ0) is 15.8. The van der Waals surface area contributed by atoms with E-state index in [0.29, 0.717) is 5.56 Å². The lowest BCUT2D eigenvalue weighted by Crippen LogP contribution is -2.06. The van der Waals surface area contributed by atoms with Crippen molar-refractivity contribution < 1.29 is 9.53 Å². The van der Waals surface area contributed by atoms with Crippen LogP contribution in [0.5, 0.6) is 6.01 Å². The Labute approximate surface area is 128 Å². The molecule has 22 heavy (non-hydrogen) atoms. The standard InChI is InChI=1S/C17H13N3O2/c1-2-3-4-5-16(21)22-17-19-11-15(12-20-17)14-8-6-13(10-18)7-9-14/h2-9,11-12H,1H3. The molecule has 5 heteroatoms. The second-order valence-corrected chi connectivity index (χ2v) is 4.25. The van der Waals surface area contributed by atoms with E-state index in [1.165, 1.54) is 6.08 Å². The highest BCUT2D eigenvalue weighted by Crippen LogP contribution is 2.19. The van der Waals surface area contributed by atoms with Gasteiger partial charge in [0.25, 0.3) is 0 Å². The smallest absolute Gasteiger partial charge is 0.338 e. The van der Waals surface area contributed by atoms with Crippen LogP contribution in [-0.2, 0) is 4.79 Å². The number of nitrogens with zero attached hydrogens (tertiary/aromatic N) is 3. The number of esters is 1. The Morgan fingerprint density at radius 1 is 1.14 bits per heavy atom. The number of carbonyl (C=O) groups excluding carboxylic acids is 1. The van der Waals surface area contributed by atoms with E-state index in [2.05, 4.69) is 16.0 Å². The number of carbonyl (C=O) groups is 1. The first-order valence-corrected chi connectivity index (χ1v) is 6.56. The summed E-state index contributed by atoms with van der Waals surface area (Å²) in [6, 6.07) is 9.10. The molecule has 0 aliphatic heterocycles. The zero-order valence-electron chi connectivity index (χ0n) is 11.9. The quantitative estimate of drug-likeness (QED) is 0.491. The molecule has 0 bridgehead atoms. The number of ether oxygens (including phenoxy) is 1. The van der Waals surface area contributed by atoms with Gasteiger partial charge in [0.15, 0.2) is 0 Å². The summed E-state index contributed by atoms with van der Waals surface area (Å²) in [6.07, 6.45) is 9.51. The predicted molar refractivity (Wildman–Crippen MR) is 81.8 cm³/mol. The molecule has 108 valence electrons. The van der Waals surface area contributed by atoms with Gasteiger partial charge in [-0.05, 0) is 24.6 Å². The lowest BCUT2D eigenvalue weighted by molar-refractivity contribution is -0.129. The van der Waals surface area contributed by atoms with Gasteiger partial charge in [0.2, 0.25) is 0 Å². The van der Waals surface area contributed by atoms with Crippen molar-refractivity contribution in [1.29, 1.82) is 5.26 Å². The van der Waals surface area contributed by atoms with Crippen molar-refractivity contribution >= 4 is 5.97 Å². The van der Waals surface area contributed by atoms with E-state index in [0.717, 1.165) is 11.1 Å². The summed E-state index contributed by atoms with van der Waals surface area (Å²) in [5.74, 6) is -0.538. The Bertz CT molecular complexity index is 739. The van der Waals surface area contributed by atoms with E-state index in [1.807, 2.05) is 19.1 Å². The second kappa shape index (κ2) is 7.50. The van der Waals surface area contributed by atoms with Crippen LogP contribution >= 0.6 is 0 Å². The highest BCUT2D eigenvalue weighted by Gasteiger charge is 2.05. The molecule has 0 spiro atoms. The van der Waals surface area contributed by atoms with Crippen LogP contribution in [0.4, 0.5) is 0 Å². The Hall–Kier alpha value is -3.26. The van der Waals surface area contributed by atoms with Gasteiger partial charge in [-0.3, -0.25) is 0 Å². The van der Waals surface area contributed by atoms with Gasteiger partial charge in [0.05, 0.1) is 11.6 Å². The molecule has 2 rings (SSSR count). The monoisotopic (exact) mass is 291 g/mol. The maximum atomic E-state index is 11.5. The van der Waals surface area contributed by atoms with E-state index in [9.17, 15) is 4.79 Å². The Morgan fingerprint density at radius 3 is 2.41 bits per heavy atom. The third-order valence-corrected chi connectivity index (χ3v) is 2.70. The number of allylic oxidation sites excluding steroid dienone is 3. The first-order valence-electron chi connectivity index (χ1n) is 6.56. The molecule has 1 heterocycles. The largest absolute Gasteiger partial charge is 0.388 e. The van der Waals surface area contributed by atoms with Crippen LogP contribution in [0.25, 0.3) is 11.1 Å². The van der Waals surface area contributed by atoms with Gasteiger partial charge in [-0.2, -0.15) is 5.26 Å². The first kappa shape index (κ1) is 15.1. The highest BCUT2D eigenvalue weighted by molar-refractivity contribution is 5.83. The van der Waals surface area contributed by atoms with Crippen LogP contribution < -0.4 is 4.74 Å². The lowest BCUT2D eigenvalue weighted by Gasteiger charge is -2.02. The minimum Gasteiger partial charge on any atom is -0.388 e. The van der Waals surface area contributed by atoms with Crippen LogP contribution in [-0.4, -0.2) is 15.9 Å². The summed E-state index contributed by atoms with van der Waals surface area (Å²) in [7, 11) is 0. The summed E-state index contributed by atoms with van der Waals surface area (Å²) in [5.41, 5.74) is 2.24. The fourth-order valence-electron chi connectivity index (χ4n) is 1.62. The van der Waals surface area contributed by atoms with Gasteiger partial charge in [0.1, 0.15) is 0 Å². The Balaban J connectivity index is 2.06. The van der Waals surface area contributed by atoms with Crippen LogP contribution in [0, 0.1) is 11.3 Å². The summed E-state index contributed by atoms with van der Waals surface area (Å²) in [5, 5.41) is 8.76. The topological polar surface area (TPSA) is 75.9 Å². The minimum absolute atomic E-state index is 0.00692. The van der Waals surface area contributed by atoms with Crippen molar-refractivity contribution in [3.8, 4) is 23.2 Å². The van der Waals surface area contributed by atoms with Gasteiger partial charge >= 0.3 is 12.0 Å². The van der Waals surface area contributed by atoms with Crippen LogP contribution in [0.1, 0.15) is 12.5 Å². The molecule has 0 aliphatic carbocycles. The molecule has 5 nitrogen and oxygen atoms in total. The molecule has 0 amide bonds. The summed E-state index contributed by atoms with van der Waals surface area (Å²) in [6.45, 7) is 1.85. The third kappa shape index (κ3) is 4.12. The van der Waals surface area contributed by atoms with E-state index >= 15 is 0 Å². The molecule has 0 saturated heterocycles. The number of nitriles is 1. The summed E-state index contributed by atoms with van der Waals surface area (Å²) in [4.78, 5) is 19.4. The van der Waals surface area contributed by atoms with Gasteiger partial charge in [-0.15, -0.1) is 0 Å². The predicted octanol–water partition coefficient (Wildman–Crippen LogP) is 3.05. The van der Waals surface area contributed by atoms with E-state index in [1.54, 1.807) is 42.8 Å². The molecule has 0 N–H and O–H groups in total. The maximum absolute atomic E-state index is 11.5. The van der Waals surface area contributed by atoms with Crippen molar-refractivity contribution in [2.45, 2.75) is 6.92 Å². The van der Waals surface area contributed by atoms with Crippen LogP contribution in [0.3, 0.4) is 0 Å². The first-order chi connectivity index (χ1) is 10.7. The normalized spacial score (nSPS) is 10.7.